The van der Waals surface area contributed by atoms with Crippen LogP contribution in [0.4, 0.5) is 0 Å². The van der Waals surface area contributed by atoms with Crippen LogP contribution in [0.3, 0.4) is 0 Å². The standard InChI is InChI=1S/C16H27N5O2/c1-17-8-9-20(2)16(23)13-10-18-21(11-13)12-15(22)19-14-6-4-3-5-7-14/h10-11,14,17H,3-9,12H2,1-2H3,(H,19,22). The van der Waals surface area contributed by atoms with Gasteiger partial charge in [0.15, 0.2) is 0 Å². The highest BCUT2D eigenvalue weighted by Gasteiger charge is 2.17. The second-order valence-corrected chi connectivity index (χ2v) is 6.16. The molecule has 0 aliphatic heterocycles. The molecule has 0 atom stereocenters. The molecular formula is C16H27N5O2. The largest absolute Gasteiger partial charge is 0.352 e. The van der Waals surface area contributed by atoms with Crippen LogP contribution in [0.1, 0.15) is 42.5 Å². The number of carbonyl (C=O) groups is 2. The molecule has 0 bridgehead atoms. The van der Waals surface area contributed by atoms with Crippen molar-refractivity contribution in [2.45, 2.75) is 44.7 Å². The van der Waals surface area contributed by atoms with Crippen molar-refractivity contribution in [1.82, 2.24) is 25.3 Å². The molecule has 0 aromatic carbocycles. The fourth-order valence-electron chi connectivity index (χ4n) is 2.83. The SMILES string of the molecule is CNCCN(C)C(=O)c1cnn(CC(=O)NC2CCCCC2)c1. The molecule has 2 N–H and O–H groups in total. The predicted molar refractivity (Wildman–Crippen MR) is 88.1 cm³/mol. The molecule has 1 aromatic rings. The van der Waals surface area contributed by atoms with Crippen LogP contribution in [0.15, 0.2) is 12.4 Å². The number of rotatable bonds is 7. The summed E-state index contributed by atoms with van der Waals surface area (Å²) in [4.78, 5) is 25.9. The summed E-state index contributed by atoms with van der Waals surface area (Å²) in [6.07, 6.45) is 8.91. The summed E-state index contributed by atoms with van der Waals surface area (Å²) in [6.45, 7) is 1.52. The van der Waals surface area contributed by atoms with E-state index >= 15 is 0 Å². The second-order valence-electron chi connectivity index (χ2n) is 6.16. The quantitative estimate of drug-likeness (QED) is 0.772. The Morgan fingerprint density at radius 1 is 1.35 bits per heavy atom. The van der Waals surface area contributed by atoms with Gasteiger partial charge in [0.25, 0.3) is 5.91 Å². The van der Waals surface area contributed by atoms with Gasteiger partial charge in [-0.2, -0.15) is 5.10 Å². The van der Waals surface area contributed by atoms with Crippen LogP contribution in [0.25, 0.3) is 0 Å². The number of nitrogens with zero attached hydrogens (tertiary/aromatic N) is 3. The van der Waals surface area contributed by atoms with E-state index in [1.165, 1.54) is 30.1 Å². The first-order valence-corrected chi connectivity index (χ1v) is 8.32. The van der Waals surface area contributed by atoms with E-state index < -0.39 is 0 Å². The van der Waals surface area contributed by atoms with Crippen molar-refractivity contribution in [3.05, 3.63) is 18.0 Å². The number of carbonyl (C=O) groups excluding carboxylic acids is 2. The first kappa shape index (κ1) is 17.5. The number of amides is 2. The summed E-state index contributed by atoms with van der Waals surface area (Å²) < 4.78 is 1.53. The molecule has 128 valence electrons. The third kappa shape index (κ3) is 5.35. The molecule has 7 nitrogen and oxygen atoms in total. The van der Waals surface area contributed by atoms with Crippen LogP contribution in [0.5, 0.6) is 0 Å². The zero-order chi connectivity index (χ0) is 16.7. The fourth-order valence-corrected chi connectivity index (χ4v) is 2.83. The minimum atomic E-state index is -0.0841. The Balaban J connectivity index is 1.83. The molecule has 0 spiro atoms. The highest BCUT2D eigenvalue weighted by atomic mass is 16.2. The Labute approximate surface area is 137 Å². The summed E-state index contributed by atoms with van der Waals surface area (Å²) in [5, 5.41) is 10.2. The van der Waals surface area contributed by atoms with E-state index in [4.69, 9.17) is 0 Å². The molecular weight excluding hydrogens is 294 g/mol. The maximum atomic E-state index is 12.2. The number of likely N-dealkylation sites (N-methyl/N-ethyl adjacent to an activating group) is 2. The van der Waals surface area contributed by atoms with Gasteiger partial charge in [0.05, 0.1) is 11.8 Å². The van der Waals surface area contributed by atoms with E-state index in [2.05, 4.69) is 15.7 Å². The summed E-state index contributed by atoms with van der Waals surface area (Å²) in [5.74, 6) is -0.123. The van der Waals surface area contributed by atoms with Crippen LogP contribution >= 0.6 is 0 Å². The van der Waals surface area contributed by atoms with E-state index in [9.17, 15) is 9.59 Å². The van der Waals surface area contributed by atoms with Crippen LogP contribution in [0.2, 0.25) is 0 Å². The van der Waals surface area contributed by atoms with Crippen molar-refractivity contribution in [3.8, 4) is 0 Å². The monoisotopic (exact) mass is 321 g/mol. The lowest BCUT2D eigenvalue weighted by Crippen LogP contribution is -2.38. The van der Waals surface area contributed by atoms with E-state index in [0.29, 0.717) is 18.2 Å². The van der Waals surface area contributed by atoms with Gasteiger partial charge in [-0.05, 0) is 19.9 Å². The van der Waals surface area contributed by atoms with Crippen molar-refractivity contribution in [3.63, 3.8) is 0 Å². The number of hydrogen-bond acceptors (Lipinski definition) is 4. The molecule has 1 heterocycles. The first-order chi connectivity index (χ1) is 11.1. The van der Waals surface area contributed by atoms with Crippen molar-refractivity contribution in [2.75, 3.05) is 27.2 Å². The van der Waals surface area contributed by atoms with Gasteiger partial charge in [-0.15, -0.1) is 0 Å². The zero-order valence-electron chi connectivity index (χ0n) is 14.0. The Kier molecular flexibility index (Phi) is 6.58. The van der Waals surface area contributed by atoms with Crippen molar-refractivity contribution in [1.29, 1.82) is 0 Å². The van der Waals surface area contributed by atoms with Crippen molar-refractivity contribution < 1.29 is 9.59 Å². The van der Waals surface area contributed by atoms with Crippen LogP contribution < -0.4 is 10.6 Å². The molecule has 1 saturated carbocycles. The summed E-state index contributed by atoms with van der Waals surface area (Å²) in [5.41, 5.74) is 0.508. The van der Waals surface area contributed by atoms with Gasteiger partial charge in [0, 0.05) is 32.4 Å². The van der Waals surface area contributed by atoms with Crippen LogP contribution in [-0.2, 0) is 11.3 Å². The average molecular weight is 321 g/mol. The van der Waals surface area contributed by atoms with E-state index in [1.807, 2.05) is 7.05 Å². The Bertz CT molecular complexity index is 522. The van der Waals surface area contributed by atoms with Gasteiger partial charge >= 0.3 is 0 Å². The molecule has 0 unspecified atom stereocenters. The maximum absolute atomic E-state index is 12.2. The van der Waals surface area contributed by atoms with Crippen LogP contribution in [-0.4, -0.2) is 59.7 Å². The van der Waals surface area contributed by atoms with Gasteiger partial charge < -0.3 is 15.5 Å². The topological polar surface area (TPSA) is 79.3 Å². The van der Waals surface area contributed by atoms with E-state index in [1.54, 1.807) is 18.1 Å². The predicted octanol–water partition coefficient (Wildman–Crippen LogP) is 0.623. The number of nitrogens with one attached hydrogen (secondary N) is 2. The van der Waals surface area contributed by atoms with Gasteiger partial charge in [0.1, 0.15) is 6.54 Å². The second kappa shape index (κ2) is 8.67. The summed E-state index contributed by atoms with van der Waals surface area (Å²) in [6, 6.07) is 0.292. The van der Waals surface area contributed by atoms with E-state index in [-0.39, 0.29) is 18.4 Å². The molecule has 1 aromatic heterocycles. The van der Waals surface area contributed by atoms with Gasteiger partial charge in [0.2, 0.25) is 5.91 Å². The average Bonchev–Trinajstić information content (AvgIpc) is 3.01. The van der Waals surface area contributed by atoms with Crippen LogP contribution in [0, 0.1) is 0 Å². The molecule has 0 radical (unpaired) electrons. The summed E-state index contributed by atoms with van der Waals surface area (Å²) in [7, 11) is 3.61. The Morgan fingerprint density at radius 3 is 2.78 bits per heavy atom. The van der Waals surface area contributed by atoms with E-state index in [0.717, 1.165) is 19.4 Å². The van der Waals surface area contributed by atoms with Gasteiger partial charge in [-0.3, -0.25) is 14.3 Å². The first-order valence-electron chi connectivity index (χ1n) is 8.32. The number of hydrogen-bond donors (Lipinski definition) is 2. The van der Waals surface area contributed by atoms with Gasteiger partial charge in [-0.25, -0.2) is 0 Å². The Hall–Kier alpha value is -1.89. The maximum Gasteiger partial charge on any atom is 0.256 e. The molecule has 2 rings (SSSR count). The minimum Gasteiger partial charge on any atom is -0.352 e. The number of aromatic nitrogens is 2. The highest BCUT2D eigenvalue weighted by Crippen LogP contribution is 2.17. The molecule has 0 saturated heterocycles. The highest BCUT2D eigenvalue weighted by molar-refractivity contribution is 5.93. The molecule has 2 amide bonds. The smallest absolute Gasteiger partial charge is 0.256 e. The third-order valence-corrected chi connectivity index (χ3v) is 4.20. The van der Waals surface area contributed by atoms with Crippen molar-refractivity contribution in [2.24, 2.45) is 0 Å². The normalized spacial score (nSPS) is 15.4. The molecule has 7 heteroatoms. The lowest BCUT2D eigenvalue weighted by Gasteiger charge is -2.22. The fraction of sp³-hybridized carbons (Fsp3) is 0.688. The zero-order valence-corrected chi connectivity index (χ0v) is 14.0. The lowest BCUT2D eigenvalue weighted by atomic mass is 9.95. The lowest BCUT2D eigenvalue weighted by molar-refractivity contribution is -0.122. The molecule has 1 aliphatic carbocycles. The van der Waals surface area contributed by atoms with Gasteiger partial charge in [-0.1, -0.05) is 19.3 Å². The molecule has 1 aliphatic rings. The molecule has 23 heavy (non-hydrogen) atoms. The third-order valence-electron chi connectivity index (χ3n) is 4.20. The summed E-state index contributed by atoms with van der Waals surface area (Å²) >= 11 is 0. The Morgan fingerprint density at radius 2 is 2.09 bits per heavy atom. The minimum absolute atomic E-state index is 0.0393. The molecule has 1 fully saturated rings. The van der Waals surface area contributed by atoms with Crippen molar-refractivity contribution >= 4 is 11.8 Å².